The van der Waals surface area contributed by atoms with Crippen LogP contribution in [0.1, 0.15) is 27.0 Å². The van der Waals surface area contributed by atoms with Crippen molar-refractivity contribution in [3.8, 4) is 0 Å². The van der Waals surface area contributed by atoms with Crippen LogP contribution in [0.15, 0.2) is 36.4 Å². The molecular weight excluding hydrogens is 291 g/mol. The molecule has 0 unspecified atom stereocenters. The van der Waals surface area contributed by atoms with E-state index < -0.39 is 34.7 Å². The highest BCUT2D eigenvalue weighted by Gasteiger charge is 2.34. The van der Waals surface area contributed by atoms with Crippen molar-refractivity contribution in [1.82, 2.24) is 0 Å². The minimum atomic E-state index is -4.93. The second kappa shape index (κ2) is 5.27. The molecule has 0 aromatic heterocycles. The lowest BCUT2D eigenvalue weighted by molar-refractivity contribution is -0.140. The van der Waals surface area contributed by atoms with E-state index in [0.717, 1.165) is 6.07 Å². The Morgan fingerprint density at radius 1 is 1.05 bits per heavy atom. The molecule has 0 atom stereocenters. The number of hydrogen-bond acceptors (Lipinski definition) is 1. The minimum Gasteiger partial charge on any atom is -0.288 e. The zero-order valence-corrected chi connectivity index (χ0v) is 10.8. The van der Waals surface area contributed by atoms with Gasteiger partial charge in [-0.25, -0.2) is 8.78 Å². The van der Waals surface area contributed by atoms with E-state index in [4.69, 9.17) is 0 Å². The first kappa shape index (κ1) is 15.2. The van der Waals surface area contributed by atoms with Crippen molar-refractivity contribution in [3.05, 3.63) is 70.3 Å². The summed E-state index contributed by atoms with van der Waals surface area (Å²) in [5.41, 5.74) is -2.14. The number of hydrogen-bond donors (Lipinski definition) is 0. The second-order valence-corrected chi connectivity index (χ2v) is 4.46. The monoisotopic (exact) mass is 300 g/mol. The van der Waals surface area contributed by atoms with Crippen LogP contribution in [0.25, 0.3) is 0 Å². The molecule has 2 rings (SSSR count). The molecule has 0 aliphatic carbocycles. The Kier molecular flexibility index (Phi) is 3.80. The normalized spacial score (nSPS) is 11.5. The van der Waals surface area contributed by atoms with Crippen molar-refractivity contribution in [3.63, 3.8) is 0 Å². The van der Waals surface area contributed by atoms with E-state index >= 15 is 0 Å². The molecule has 0 amide bonds. The molecule has 0 spiro atoms. The van der Waals surface area contributed by atoms with Crippen LogP contribution in [0.5, 0.6) is 0 Å². The van der Waals surface area contributed by atoms with Crippen molar-refractivity contribution in [2.75, 3.05) is 0 Å². The standard InChI is InChI=1S/C15H9F5O/c1-8-3-2-4-10(13(8)17)14(21)9-5-6-12(16)11(7-9)15(18,19)20/h2-7H,1H3. The Labute approximate surface area is 117 Å². The highest BCUT2D eigenvalue weighted by molar-refractivity contribution is 6.09. The number of carbonyl (C=O) groups is 1. The van der Waals surface area contributed by atoms with E-state index in [0.29, 0.717) is 12.1 Å². The van der Waals surface area contributed by atoms with Gasteiger partial charge in [-0.05, 0) is 36.8 Å². The molecule has 0 saturated carbocycles. The molecule has 0 aliphatic rings. The van der Waals surface area contributed by atoms with Crippen molar-refractivity contribution in [2.45, 2.75) is 13.1 Å². The maximum absolute atomic E-state index is 13.8. The summed E-state index contributed by atoms with van der Waals surface area (Å²) < 4.78 is 64.8. The Morgan fingerprint density at radius 3 is 2.33 bits per heavy atom. The maximum atomic E-state index is 13.8. The molecule has 0 radical (unpaired) electrons. The molecule has 6 heteroatoms. The Hall–Kier alpha value is -2.24. The highest BCUT2D eigenvalue weighted by Crippen LogP contribution is 2.32. The lowest BCUT2D eigenvalue weighted by Gasteiger charge is -2.10. The van der Waals surface area contributed by atoms with Gasteiger partial charge in [-0.2, -0.15) is 13.2 Å². The van der Waals surface area contributed by atoms with E-state index in [1.807, 2.05) is 0 Å². The van der Waals surface area contributed by atoms with Gasteiger partial charge in [0.15, 0.2) is 5.78 Å². The molecule has 2 aromatic rings. The minimum absolute atomic E-state index is 0.194. The van der Waals surface area contributed by atoms with Crippen LogP contribution in [-0.4, -0.2) is 5.78 Å². The zero-order valence-electron chi connectivity index (χ0n) is 10.8. The number of carbonyl (C=O) groups excluding carboxylic acids is 1. The third-order valence-electron chi connectivity index (χ3n) is 2.97. The smallest absolute Gasteiger partial charge is 0.288 e. The number of benzene rings is 2. The molecule has 0 aliphatic heterocycles. The number of rotatable bonds is 2. The largest absolute Gasteiger partial charge is 0.419 e. The molecule has 0 N–H and O–H groups in total. The van der Waals surface area contributed by atoms with Gasteiger partial charge in [0, 0.05) is 5.56 Å². The molecule has 21 heavy (non-hydrogen) atoms. The fraction of sp³-hybridized carbons (Fsp3) is 0.133. The van der Waals surface area contributed by atoms with E-state index in [1.54, 1.807) is 0 Å². The molecule has 2 aromatic carbocycles. The summed E-state index contributed by atoms with van der Waals surface area (Å²) in [5.74, 6) is -3.22. The van der Waals surface area contributed by atoms with Gasteiger partial charge in [-0.3, -0.25) is 4.79 Å². The predicted molar refractivity (Wildman–Crippen MR) is 66.0 cm³/mol. The number of aryl methyl sites for hydroxylation is 1. The SMILES string of the molecule is Cc1cccc(C(=O)c2ccc(F)c(C(F)(F)F)c2)c1F. The Morgan fingerprint density at radius 2 is 1.71 bits per heavy atom. The van der Waals surface area contributed by atoms with Gasteiger partial charge in [0.2, 0.25) is 0 Å². The third kappa shape index (κ3) is 2.94. The topological polar surface area (TPSA) is 17.1 Å². The quantitative estimate of drug-likeness (QED) is 0.588. The van der Waals surface area contributed by atoms with Gasteiger partial charge in [-0.15, -0.1) is 0 Å². The van der Waals surface area contributed by atoms with E-state index in [9.17, 15) is 26.7 Å². The summed E-state index contributed by atoms with van der Waals surface area (Å²) >= 11 is 0. The Balaban J connectivity index is 2.52. The molecule has 0 fully saturated rings. The van der Waals surface area contributed by atoms with Gasteiger partial charge in [0.05, 0.1) is 11.1 Å². The molecule has 0 saturated heterocycles. The average molecular weight is 300 g/mol. The summed E-state index contributed by atoms with van der Waals surface area (Å²) in [7, 11) is 0. The van der Waals surface area contributed by atoms with Crippen LogP contribution in [0.2, 0.25) is 0 Å². The van der Waals surface area contributed by atoms with Crippen molar-refractivity contribution in [2.24, 2.45) is 0 Å². The first-order valence-electron chi connectivity index (χ1n) is 5.88. The number of ketones is 1. The lowest BCUT2D eigenvalue weighted by Crippen LogP contribution is -2.12. The van der Waals surface area contributed by atoms with E-state index in [-0.39, 0.29) is 11.1 Å². The van der Waals surface area contributed by atoms with E-state index in [2.05, 4.69) is 0 Å². The number of alkyl halides is 3. The van der Waals surface area contributed by atoms with Crippen LogP contribution in [0.3, 0.4) is 0 Å². The fourth-order valence-electron chi connectivity index (χ4n) is 1.86. The van der Waals surface area contributed by atoms with Gasteiger partial charge >= 0.3 is 6.18 Å². The Bertz CT molecular complexity index is 704. The van der Waals surface area contributed by atoms with Gasteiger partial charge in [0.1, 0.15) is 11.6 Å². The molecule has 110 valence electrons. The highest BCUT2D eigenvalue weighted by atomic mass is 19.4. The molecule has 0 bridgehead atoms. The van der Waals surface area contributed by atoms with Crippen LogP contribution < -0.4 is 0 Å². The summed E-state index contributed by atoms with van der Waals surface area (Å²) in [4.78, 5) is 12.1. The van der Waals surface area contributed by atoms with Crippen molar-refractivity contribution in [1.29, 1.82) is 0 Å². The molecule has 1 nitrogen and oxygen atoms in total. The van der Waals surface area contributed by atoms with Crippen molar-refractivity contribution < 1.29 is 26.7 Å². The fourth-order valence-corrected chi connectivity index (χ4v) is 1.86. The maximum Gasteiger partial charge on any atom is 0.419 e. The molecular formula is C15H9F5O. The van der Waals surface area contributed by atoms with Gasteiger partial charge < -0.3 is 0 Å². The third-order valence-corrected chi connectivity index (χ3v) is 2.97. The van der Waals surface area contributed by atoms with Crippen molar-refractivity contribution >= 4 is 5.78 Å². The zero-order chi connectivity index (χ0) is 15.8. The van der Waals surface area contributed by atoms with Crippen LogP contribution in [0.4, 0.5) is 22.0 Å². The van der Waals surface area contributed by atoms with Crippen LogP contribution >= 0.6 is 0 Å². The van der Waals surface area contributed by atoms with Crippen LogP contribution in [-0.2, 0) is 6.18 Å². The molecule has 0 heterocycles. The second-order valence-electron chi connectivity index (χ2n) is 4.46. The van der Waals surface area contributed by atoms with Gasteiger partial charge in [-0.1, -0.05) is 12.1 Å². The first-order chi connectivity index (χ1) is 9.71. The van der Waals surface area contributed by atoms with Gasteiger partial charge in [0.25, 0.3) is 0 Å². The summed E-state index contributed by atoms with van der Waals surface area (Å²) in [6.07, 6.45) is -4.93. The summed E-state index contributed by atoms with van der Waals surface area (Å²) in [6, 6.07) is 5.84. The summed E-state index contributed by atoms with van der Waals surface area (Å²) in [5, 5.41) is 0. The summed E-state index contributed by atoms with van der Waals surface area (Å²) in [6.45, 7) is 1.43. The van der Waals surface area contributed by atoms with E-state index in [1.165, 1.54) is 25.1 Å². The predicted octanol–water partition coefficient (Wildman–Crippen LogP) is 4.52. The first-order valence-corrected chi connectivity index (χ1v) is 5.88. The average Bonchev–Trinajstić information content (AvgIpc) is 2.40. The lowest BCUT2D eigenvalue weighted by atomic mass is 9.99. The number of halogens is 5. The van der Waals surface area contributed by atoms with Crippen LogP contribution in [0, 0.1) is 18.6 Å².